The van der Waals surface area contributed by atoms with Crippen molar-refractivity contribution in [2.24, 2.45) is 0 Å². The maximum absolute atomic E-state index is 12.2. The van der Waals surface area contributed by atoms with Crippen molar-refractivity contribution in [1.29, 1.82) is 0 Å². The first kappa shape index (κ1) is 18.6. The zero-order chi connectivity index (χ0) is 19.1. The molecule has 6 heteroatoms. The smallest absolute Gasteiger partial charge is 0.225 e. The molecule has 6 nitrogen and oxygen atoms in total. The number of anilines is 1. The van der Waals surface area contributed by atoms with E-state index < -0.39 is 0 Å². The summed E-state index contributed by atoms with van der Waals surface area (Å²) in [5, 5.41) is 7.35. The fourth-order valence-corrected chi connectivity index (χ4v) is 2.81. The van der Waals surface area contributed by atoms with Crippen LogP contribution in [0.4, 0.5) is 5.82 Å². The monoisotopic (exact) mass is 364 g/mol. The molecule has 140 valence electrons. The number of carbonyl (C=O) groups excluding carboxylic acids is 1. The Bertz CT molecular complexity index is 873. The van der Waals surface area contributed by atoms with E-state index in [0.717, 1.165) is 36.3 Å². The quantitative estimate of drug-likeness (QED) is 0.615. The van der Waals surface area contributed by atoms with E-state index in [1.165, 1.54) is 5.56 Å². The second-order valence-electron chi connectivity index (χ2n) is 6.42. The van der Waals surface area contributed by atoms with Gasteiger partial charge in [-0.3, -0.25) is 9.78 Å². The van der Waals surface area contributed by atoms with Crippen LogP contribution < -0.4 is 10.1 Å². The summed E-state index contributed by atoms with van der Waals surface area (Å²) in [5.74, 6) is 1.45. The van der Waals surface area contributed by atoms with E-state index in [1.807, 2.05) is 37.4 Å². The number of rotatable bonds is 8. The lowest BCUT2D eigenvalue weighted by Gasteiger charge is -2.05. The van der Waals surface area contributed by atoms with Crippen LogP contribution in [0.3, 0.4) is 0 Å². The highest BCUT2D eigenvalue weighted by molar-refractivity contribution is 5.90. The third-order valence-electron chi connectivity index (χ3n) is 4.34. The Morgan fingerprint density at radius 3 is 2.70 bits per heavy atom. The van der Waals surface area contributed by atoms with Crippen LogP contribution in [0, 0.1) is 6.92 Å². The number of methoxy groups -OCH3 is 1. The number of unbranched alkanes of at least 4 members (excludes halogenated alkanes) is 1. The van der Waals surface area contributed by atoms with Crippen LogP contribution in [0.5, 0.6) is 5.75 Å². The van der Waals surface area contributed by atoms with Gasteiger partial charge in [0, 0.05) is 24.4 Å². The predicted octanol–water partition coefficient (Wildman–Crippen LogP) is 3.94. The molecule has 0 spiro atoms. The molecule has 2 heterocycles. The molecule has 0 saturated heterocycles. The molecule has 1 N–H and O–H groups in total. The second kappa shape index (κ2) is 8.98. The Balaban J connectivity index is 1.46. The van der Waals surface area contributed by atoms with Gasteiger partial charge in [-0.05, 0) is 56.0 Å². The van der Waals surface area contributed by atoms with Gasteiger partial charge in [0.2, 0.25) is 5.91 Å². The molecular weight excluding hydrogens is 340 g/mol. The van der Waals surface area contributed by atoms with Crippen molar-refractivity contribution in [2.75, 3.05) is 12.4 Å². The van der Waals surface area contributed by atoms with Gasteiger partial charge in [-0.2, -0.15) is 0 Å². The summed E-state index contributed by atoms with van der Waals surface area (Å²) in [6, 6.07) is 11.8. The van der Waals surface area contributed by atoms with Crippen molar-refractivity contribution in [2.45, 2.75) is 32.6 Å². The molecule has 0 aliphatic carbocycles. The Hall–Kier alpha value is -3.15. The number of ether oxygens (including phenoxy) is 1. The molecule has 1 aromatic carbocycles. The maximum atomic E-state index is 12.2. The second-order valence-corrected chi connectivity index (χ2v) is 6.42. The number of nitrogens with zero attached hydrogens (tertiary/aromatic N) is 3. The average molecular weight is 364 g/mol. The van der Waals surface area contributed by atoms with E-state index >= 15 is 0 Å². The zero-order valence-corrected chi connectivity index (χ0v) is 15.7. The van der Waals surface area contributed by atoms with Crippen LogP contribution in [-0.4, -0.2) is 27.8 Å². The van der Waals surface area contributed by atoms with Crippen LogP contribution in [0.15, 0.2) is 55.0 Å². The molecule has 0 atom stereocenters. The van der Waals surface area contributed by atoms with E-state index in [1.54, 1.807) is 24.2 Å². The maximum Gasteiger partial charge on any atom is 0.225 e. The fraction of sp³-hybridized carbons (Fsp3) is 0.286. The summed E-state index contributed by atoms with van der Waals surface area (Å²) in [6.45, 7) is 1.93. The number of amides is 1. The van der Waals surface area contributed by atoms with E-state index in [0.29, 0.717) is 12.2 Å². The summed E-state index contributed by atoms with van der Waals surface area (Å²) in [7, 11) is 1.66. The first-order chi connectivity index (χ1) is 13.2. The normalized spacial score (nSPS) is 10.6. The molecule has 0 saturated carbocycles. The number of aromatic nitrogens is 3. The van der Waals surface area contributed by atoms with Gasteiger partial charge >= 0.3 is 0 Å². The minimum absolute atomic E-state index is 0.00994. The van der Waals surface area contributed by atoms with E-state index in [2.05, 4.69) is 27.5 Å². The van der Waals surface area contributed by atoms with Gasteiger partial charge in [-0.25, -0.2) is 4.68 Å². The lowest BCUT2D eigenvalue weighted by molar-refractivity contribution is -0.116. The van der Waals surface area contributed by atoms with Crippen LogP contribution >= 0.6 is 0 Å². The van der Waals surface area contributed by atoms with Gasteiger partial charge in [0.15, 0.2) is 5.82 Å². The first-order valence-electron chi connectivity index (χ1n) is 9.05. The van der Waals surface area contributed by atoms with Crippen molar-refractivity contribution in [3.05, 3.63) is 66.1 Å². The summed E-state index contributed by atoms with van der Waals surface area (Å²) in [4.78, 5) is 16.3. The molecular formula is C21H24N4O2. The van der Waals surface area contributed by atoms with Crippen LogP contribution in [-0.2, 0) is 11.2 Å². The summed E-state index contributed by atoms with van der Waals surface area (Å²) < 4.78 is 6.88. The minimum Gasteiger partial charge on any atom is -0.497 e. The number of benzene rings is 1. The van der Waals surface area contributed by atoms with Gasteiger partial charge in [0.05, 0.1) is 19.0 Å². The Labute approximate surface area is 159 Å². The molecule has 0 aliphatic heterocycles. The lowest BCUT2D eigenvalue weighted by atomic mass is 10.1. The van der Waals surface area contributed by atoms with Gasteiger partial charge in [-0.15, -0.1) is 5.10 Å². The molecule has 0 aliphatic rings. The third-order valence-corrected chi connectivity index (χ3v) is 4.34. The molecule has 0 unspecified atom stereocenters. The van der Waals surface area contributed by atoms with Gasteiger partial charge < -0.3 is 10.1 Å². The molecule has 0 fully saturated rings. The average Bonchev–Trinajstić information content (AvgIpc) is 3.07. The molecule has 3 rings (SSSR count). The van der Waals surface area contributed by atoms with Crippen molar-refractivity contribution < 1.29 is 9.53 Å². The molecule has 0 radical (unpaired) electrons. The highest BCUT2D eigenvalue weighted by Crippen LogP contribution is 2.16. The molecule has 0 bridgehead atoms. The zero-order valence-electron chi connectivity index (χ0n) is 15.7. The number of hydrogen-bond acceptors (Lipinski definition) is 4. The summed E-state index contributed by atoms with van der Waals surface area (Å²) in [5.41, 5.74) is 3.04. The molecule has 27 heavy (non-hydrogen) atoms. The standard InChI is InChI=1S/C21H24N4O2/c1-16-15-25(18-7-5-13-22-14-18)24-21(16)23-20(26)8-4-3-6-17-9-11-19(27-2)12-10-17/h5,7,9-15H,3-4,6,8H2,1-2H3,(H,23,24,26). The van der Waals surface area contributed by atoms with E-state index in [-0.39, 0.29) is 5.91 Å². The largest absolute Gasteiger partial charge is 0.497 e. The van der Waals surface area contributed by atoms with Crippen LogP contribution in [0.1, 0.15) is 30.4 Å². The lowest BCUT2D eigenvalue weighted by Crippen LogP contribution is -2.12. The number of carbonyl (C=O) groups is 1. The van der Waals surface area contributed by atoms with Crippen molar-refractivity contribution in [3.63, 3.8) is 0 Å². The van der Waals surface area contributed by atoms with Gasteiger partial charge in [0.1, 0.15) is 5.75 Å². The SMILES string of the molecule is COc1ccc(CCCCC(=O)Nc2nn(-c3cccnc3)cc2C)cc1. The number of pyridine rings is 1. The van der Waals surface area contributed by atoms with Crippen molar-refractivity contribution in [3.8, 4) is 11.4 Å². The Morgan fingerprint density at radius 2 is 2.00 bits per heavy atom. The number of hydrogen-bond donors (Lipinski definition) is 1. The van der Waals surface area contributed by atoms with Gasteiger partial charge in [-0.1, -0.05) is 12.1 Å². The van der Waals surface area contributed by atoms with E-state index in [4.69, 9.17) is 4.74 Å². The fourth-order valence-electron chi connectivity index (χ4n) is 2.81. The summed E-state index contributed by atoms with van der Waals surface area (Å²) >= 11 is 0. The van der Waals surface area contributed by atoms with Crippen molar-refractivity contribution in [1.82, 2.24) is 14.8 Å². The first-order valence-corrected chi connectivity index (χ1v) is 9.05. The third kappa shape index (κ3) is 5.17. The Morgan fingerprint density at radius 1 is 1.19 bits per heavy atom. The minimum atomic E-state index is -0.00994. The number of nitrogens with one attached hydrogen (secondary N) is 1. The highest BCUT2D eigenvalue weighted by atomic mass is 16.5. The molecule has 3 aromatic rings. The van der Waals surface area contributed by atoms with Crippen LogP contribution in [0.2, 0.25) is 0 Å². The van der Waals surface area contributed by atoms with Crippen LogP contribution in [0.25, 0.3) is 5.69 Å². The Kier molecular flexibility index (Phi) is 6.20. The molecule has 2 aromatic heterocycles. The van der Waals surface area contributed by atoms with Crippen molar-refractivity contribution >= 4 is 11.7 Å². The predicted molar refractivity (Wildman–Crippen MR) is 105 cm³/mol. The highest BCUT2D eigenvalue weighted by Gasteiger charge is 2.10. The summed E-state index contributed by atoms with van der Waals surface area (Å²) in [6.07, 6.45) is 8.56. The van der Waals surface area contributed by atoms with Gasteiger partial charge in [0.25, 0.3) is 0 Å². The number of aryl methyl sites for hydroxylation is 2. The van der Waals surface area contributed by atoms with E-state index in [9.17, 15) is 4.79 Å². The topological polar surface area (TPSA) is 69.0 Å². The molecule has 1 amide bonds.